The molecule has 0 aliphatic carbocycles. The first kappa shape index (κ1) is 13.0. The Labute approximate surface area is 100 Å². The van der Waals surface area contributed by atoms with E-state index in [0.29, 0.717) is 0 Å². The Bertz CT molecular complexity index is 429. The van der Waals surface area contributed by atoms with Crippen LogP contribution in [0.3, 0.4) is 0 Å². The van der Waals surface area contributed by atoms with Gasteiger partial charge in [0.25, 0.3) is 0 Å². The maximum absolute atomic E-state index is 12.6. The van der Waals surface area contributed by atoms with Gasteiger partial charge in [-0.2, -0.15) is 0 Å². The fourth-order valence-corrected chi connectivity index (χ4v) is 1.12. The topological polar surface area (TPSA) is 41.1 Å². The number of carbonyl (C=O) groups excluding carboxylic acids is 1. The van der Waals surface area contributed by atoms with E-state index in [4.69, 9.17) is 0 Å². The smallest absolute Gasteiger partial charge is 0.315 e. The van der Waals surface area contributed by atoms with Gasteiger partial charge in [0.05, 0.1) is 6.54 Å². The van der Waals surface area contributed by atoms with Crippen LogP contribution in [0.5, 0.6) is 0 Å². The van der Waals surface area contributed by atoms with E-state index < -0.39 is 0 Å². The Balaban J connectivity index is 2.36. The molecule has 1 aromatic rings. The summed E-state index contributed by atoms with van der Waals surface area (Å²) in [6, 6.07) is 5.74. The Morgan fingerprint density at radius 2 is 2.00 bits per heavy atom. The summed E-state index contributed by atoms with van der Waals surface area (Å²) in [4.78, 5) is 11.2. The van der Waals surface area contributed by atoms with Crippen LogP contribution in [-0.4, -0.2) is 18.6 Å². The van der Waals surface area contributed by atoms with Crippen LogP contribution in [-0.2, 0) is 0 Å². The van der Waals surface area contributed by atoms with Gasteiger partial charge in [-0.1, -0.05) is 11.8 Å². The molecule has 0 aliphatic rings. The molecule has 0 radical (unpaired) electrons. The molecule has 0 spiro atoms. The first-order valence-electron chi connectivity index (χ1n) is 5.36. The monoisotopic (exact) mass is 234 g/mol. The van der Waals surface area contributed by atoms with Gasteiger partial charge in [0.15, 0.2) is 0 Å². The highest BCUT2D eigenvalue weighted by molar-refractivity contribution is 5.74. The van der Waals surface area contributed by atoms with E-state index in [9.17, 15) is 9.18 Å². The number of rotatable bonds is 2. The largest absolute Gasteiger partial charge is 0.336 e. The third kappa shape index (κ3) is 5.57. The van der Waals surface area contributed by atoms with E-state index in [1.54, 1.807) is 12.1 Å². The number of nitrogens with one attached hydrogen (secondary N) is 2. The Hall–Kier alpha value is -2.02. The summed E-state index contributed by atoms with van der Waals surface area (Å²) in [6.45, 7) is 4.02. The van der Waals surface area contributed by atoms with Gasteiger partial charge in [-0.15, -0.1) is 0 Å². The molecule has 0 aliphatic heterocycles. The molecule has 0 fully saturated rings. The molecule has 0 saturated carbocycles. The standard InChI is InChI=1S/C13H15FN2O/c1-10(2)16-13(17)15-9-3-4-11-5-7-12(14)8-6-11/h5-8,10H,9H2,1-2H3,(H2,15,16,17). The first-order valence-corrected chi connectivity index (χ1v) is 5.36. The van der Waals surface area contributed by atoms with E-state index in [2.05, 4.69) is 22.5 Å². The lowest BCUT2D eigenvalue weighted by Gasteiger charge is -2.07. The summed E-state index contributed by atoms with van der Waals surface area (Å²) in [7, 11) is 0. The summed E-state index contributed by atoms with van der Waals surface area (Å²) < 4.78 is 12.6. The number of carbonyl (C=O) groups is 1. The van der Waals surface area contributed by atoms with Crippen LogP contribution >= 0.6 is 0 Å². The molecule has 0 saturated heterocycles. The average molecular weight is 234 g/mol. The second-order valence-corrected chi connectivity index (χ2v) is 3.79. The summed E-state index contributed by atoms with van der Waals surface area (Å²) in [5.41, 5.74) is 0.720. The maximum atomic E-state index is 12.6. The lowest BCUT2D eigenvalue weighted by Crippen LogP contribution is -2.39. The fourth-order valence-electron chi connectivity index (χ4n) is 1.12. The van der Waals surface area contributed by atoms with Crippen molar-refractivity contribution >= 4 is 6.03 Å². The lowest BCUT2D eigenvalue weighted by atomic mass is 10.2. The van der Waals surface area contributed by atoms with Crippen LogP contribution in [0.15, 0.2) is 24.3 Å². The maximum Gasteiger partial charge on any atom is 0.315 e. The van der Waals surface area contributed by atoms with Crippen molar-refractivity contribution in [2.24, 2.45) is 0 Å². The minimum atomic E-state index is -0.287. The van der Waals surface area contributed by atoms with Gasteiger partial charge in [0.2, 0.25) is 0 Å². The second kappa shape index (κ2) is 6.54. The molecule has 1 rings (SSSR count). The zero-order chi connectivity index (χ0) is 12.7. The van der Waals surface area contributed by atoms with Gasteiger partial charge < -0.3 is 10.6 Å². The van der Waals surface area contributed by atoms with Gasteiger partial charge >= 0.3 is 6.03 Å². The van der Waals surface area contributed by atoms with E-state index >= 15 is 0 Å². The van der Waals surface area contributed by atoms with Crippen molar-refractivity contribution in [2.45, 2.75) is 19.9 Å². The van der Waals surface area contributed by atoms with E-state index in [1.807, 2.05) is 13.8 Å². The van der Waals surface area contributed by atoms with E-state index in [1.165, 1.54) is 12.1 Å². The summed E-state index contributed by atoms with van der Waals surface area (Å²) >= 11 is 0. The molecule has 3 nitrogen and oxygen atoms in total. The van der Waals surface area contributed by atoms with Crippen molar-refractivity contribution in [3.63, 3.8) is 0 Å². The minimum absolute atomic E-state index is 0.0973. The highest BCUT2D eigenvalue weighted by Gasteiger charge is 1.98. The zero-order valence-electron chi connectivity index (χ0n) is 9.88. The highest BCUT2D eigenvalue weighted by Crippen LogP contribution is 2.00. The summed E-state index contributed by atoms with van der Waals surface area (Å²) in [5.74, 6) is 5.32. The second-order valence-electron chi connectivity index (χ2n) is 3.79. The van der Waals surface area contributed by atoms with Gasteiger partial charge in [-0.25, -0.2) is 9.18 Å². The minimum Gasteiger partial charge on any atom is -0.336 e. The molecule has 90 valence electrons. The number of amides is 2. The van der Waals surface area contributed by atoms with Crippen molar-refractivity contribution in [3.8, 4) is 11.8 Å². The van der Waals surface area contributed by atoms with Crippen LogP contribution < -0.4 is 10.6 Å². The first-order chi connectivity index (χ1) is 8.08. The molecule has 0 heterocycles. The molecule has 0 bridgehead atoms. The lowest BCUT2D eigenvalue weighted by molar-refractivity contribution is 0.240. The van der Waals surface area contributed by atoms with E-state index in [-0.39, 0.29) is 24.4 Å². The number of urea groups is 1. The Morgan fingerprint density at radius 1 is 1.35 bits per heavy atom. The van der Waals surface area contributed by atoms with Crippen LogP contribution in [0.4, 0.5) is 9.18 Å². The van der Waals surface area contributed by atoms with Crippen molar-refractivity contribution in [3.05, 3.63) is 35.6 Å². The predicted molar refractivity (Wildman–Crippen MR) is 64.9 cm³/mol. The normalized spacial score (nSPS) is 9.41. The van der Waals surface area contributed by atoms with Crippen LogP contribution in [0.2, 0.25) is 0 Å². The van der Waals surface area contributed by atoms with E-state index in [0.717, 1.165) is 5.56 Å². The zero-order valence-corrected chi connectivity index (χ0v) is 9.88. The molecule has 0 aromatic heterocycles. The predicted octanol–water partition coefficient (Wildman–Crippen LogP) is 1.88. The molecular weight excluding hydrogens is 219 g/mol. The average Bonchev–Trinajstić information content (AvgIpc) is 2.26. The molecule has 4 heteroatoms. The van der Waals surface area contributed by atoms with Crippen molar-refractivity contribution in [1.29, 1.82) is 0 Å². The molecule has 2 amide bonds. The van der Waals surface area contributed by atoms with Crippen molar-refractivity contribution in [1.82, 2.24) is 10.6 Å². The molecule has 0 atom stereocenters. The molecule has 0 unspecified atom stereocenters. The molecule has 1 aromatic carbocycles. The number of benzene rings is 1. The van der Waals surface area contributed by atoms with Gasteiger partial charge in [-0.3, -0.25) is 0 Å². The Kier molecular flexibility index (Phi) is 5.02. The highest BCUT2D eigenvalue weighted by atomic mass is 19.1. The number of hydrogen-bond acceptors (Lipinski definition) is 1. The number of halogens is 1. The fraction of sp³-hybridized carbons (Fsp3) is 0.308. The molecule has 2 N–H and O–H groups in total. The summed E-state index contributed by atoms with van der Waals surface area (Å²) in [6.07, 6.45) is 0. The quantitative estimate of drug-likeness (QED) is 0.754. The van der Waals surface area contributed by atoms with Crippen LogP contribution in [0.1, 0.15) is 19.4 Å². The molecular formula is C13H15FN2O. The molecule has 17 heavy (non-hydrogen) atoms. The van der Waals surface area contributed by atoms with Crippen molar-refractivity contribution < 1.29 is 9.18 Å². The SMILES string of the molecule is CC(C)NC(=O)NCC#Cc1ccc(F)cc1. The third-order valence-corrected chi connectivity index (χ3v) is 1.83. The summed E-state index contributed by atoms with van der Waals surface area (Å²) in [5, 5.41) is 5.28. The van der Waals surface area contributed by atoms with Crippen molar-refractivity contribution in [2.75, 3.05) is 6.54 Å². The van der Waals surface area contributed by atoms with Crippen LogP contribution in [0, 0.1) is 17.7 Å². The number of hydrogen-bond donors (Lipinski definition) is 2. The third-order valence-electron chi connectivity index (χ3n) is 1.83. The van der Waals surface area contributed by atoms with Gasteiger partial charge in [-0.05, 0) is 38.1 Å². The van der Waals surface area contributed by atoms with Crippen LogP contribution in [0.25, 0.3) is 0 Å². The van der Waals surface area contributed by atoms with Gasteiger partial charge in [0, 0.05) is 11.6 Å². The Morgan fingerprint density at radius 3 is 2.59 bits per heavy atom. The van der Waals surface area contributed by atoms with Gasteiger partial charge in [0.1, 0.15) is 5.82 Å².